The van der Waals surface area contributed by atoms with E-state index in [0.29, 0.717) is 19.7 Å². The quantitative estimate of drug-likeness (QED) is 0.324. The normalized spacial score (nSPS) is 19.1. The summed E-state index contributed by atoms with van der Waals surface area (Å²) in [6.45, 7) is 3.70. The van der Waals surface area contributed by atoms with Gasteiger partial charge in [-0.05, 0) is 43.5 Å². The van der Waals surface area contributed by atoms with Crippen LogP contribution in [0.2, 0.25) is 0 Å². The van der Waals surface area contributed by atoms with Crippen molar-refractivity contribution in [2.45, 2.75) is 86.2 Å². The number of carbonyl (C=O) groups excluding carboxylic acids is 1. The van der Waals surface area contributed by atoms with Gasteiger partial charge in [0, 0.05) is 18.7 Å². The number of rotatable bonds is 11. The molecule has 2 heterocycles. The molecule has 9 heteroatoms. The molecule has 208 valence electrons. The van der Waals surface area contributed by atoms with E-state index in [4.69, 9.17) is 4.74 Å². The van der Waals surface area contributed by atoms with E-state index in [-0.39, 0.29) is 32.6 Å². The maximum absolute atomic E-state index is 13.7. The summed E-state index contributed by atoms with van der Waals surface area (Å²) in [5.41, 5.74) is 0.363. The van der Waals surface area contributed by atoms with Gasteiger partial charge in [0.25, 0.3) is 5.91 Å². The Morgan fingerprint density at radius 2 is 1.58 bits per heavy atom. The SMILES string of the molecule is CCCCCCCCOc1c(C(=O)N2CCCCCC2)ccc2c1C(S(=O)(=O)c1ccccc1)CS2(=O)=O. The van der Waals surface area contributed by atoms with Gasteiger partial charge < -0.3 is 9.64 Å². The maximum atomic E-state index is 13.7. The van der Waals surface area contributed by atoms with E-state index in [1.54, 1.807) is 23.1 Å². The number of hydrogen-bond donors (Lipinski definition) is 0. The second-order valence-corrected chi connectivity index (χ2v) is 14.4. The van der Waals surface area contributed by atoms with Crippen molar-refractivity contribution >= 4 is 25.6 Å². The molecular weight excluding hydrogens is 522 g/mol. The first kappa shape index (κ1) is 28.6. The Kier molecular flexibility index (Phi) is 9.52. The Hall–Kier alpha value is -2.39. The summed E-state index contributed by atoms with van der Waals surface area (Å²) >= 11 is 0. The van der Waals surface area contributed by atoms with Crippen LogP contribution in [0.25, 0.3) is 0 Å². The molecule has 0 N–H and O–H groups in total. The molecule has 2 aliphatic rings. The van der Waals surface area contributed by atoms with E-state index in [0.717, 1.165) is 57.8 Å². The van der Waals surface area contributed by atoms with Gasteiger partial charge in [0.15, 0.2) is 19.7 Å². The van der Waals surface area contributed by atoms with Gasteiger partial charge >= 0.3 is 0 Å². The first-order valence-electron chi connectivity index (χ1n) is 13.9. The lowest BCUT2D eigenvalue weighted by atomic mass is 10.0. The van der Waals surface area contributed by atoms with Gasteiger partial charge in [-0.1, -0.05) is 70.1 Å². The van der Waals surface area contributed by atoms with Crippen LogP contribution < -0.4 is 4.74 Å². The standard InChI is InChI=1S/C29H39NO6S2/c1-2-3-4-5-8-14-21-36-28-24(29(31)30-19-12-6-7-13-20-30)17-18-25-27(28)26(22-37(25,32)33)38(34,35)23-15-10-9-11-16-23/h9-11,15-18,26H,2-8,12-14,19-22H2,1H3. The second kappa shape index (κ2) is 12.6. The summed E-state index contributed by atoms with van der Waals surface area (Å²) in [6.07, 6.45) is 10.2. The highest BCUT2D eigenvalue weighted by atomic mass is 32.2. The molecule has 1 fully saturated rings. The molecule has 1 unspecified atom stereocenters. The minimum Gasteiger partial charge on any atom is -0.492 e. The number of unbranched alkanes of at least 4 members (excludes halogenated alkanes) is 5. The molecule has 0 aliphatic carbocycles. The predicted octanol–water partition coefficient (Wildman–Crippen LogP) is 5.74. The van der Waals surface area contributed by atoms with Crippen molar-refractivity contribution in [3.63, 3.8) is 0 Å². The summed E-state index contributed by atoms with van der Waals surface area (Å²) in [4.78, 5) is 15.5. The molecule has 0 spiro atoms. The molecule has 0 radical (unpaired) electrons. The lowest BCUT2D eigenvalue weighted by Crippen LogP contribution is -2.32. The van der Waals surface area contributed by atoms with E-state index in [1.165, 1.54) is 30.7 Å². The average molecular weight is 562 g/mol. The van der Waals surface area contributed by atoms with Crippen LogP contribution >= 0.6 is 0 Å². The third-order valence-corrected chi connectivity index (χ3v) is 11.6. The number of sulfone groups is 2. The lowest BCUT2D eigenvalue weighted by Gasteiger charge is -2.24. The number of hydrogen-bond acceptors (Lipinski definition) is 6. The van der Waals surface area contributed by atoms with Gasteiger partial charge in [0.2, 0.25) is 0 Å². The van der Waals surface area contributed by atoms with Crippen molar-refractivity contribution < 1.29 is 26.4 Å². The van der Waals surface area contributed by atoms with Crippen molar-refractivity contribution in [1.29, 1.82) is 0 Å². The predicted molar refractivity (Wildman–Crippen MR) is 148 cm³/mol. The first-order valence-corrected chi connectivity index (χ1v) is 17.1. The minimum atomic E-state index is -4.05. The Balaban J connectivity index is 1.74. The molecule has 1 atom stereocenters. The Labute approximate surface area is 227 Å². The molecule has 2 aliphatic heterocycles. The van der Waals surface area contributed by atoms with Crippen LogP contribution in [0.1, 0.15) is 92.3 Å². The number of fused-ring (bicyclic) bond motifs is 1. The minimum absolute atomic E-state index is 0.0487. The molecule has 7 nitrogen and oxygen atoms in total. The third-order valence-electron chi connectivity index (χ3n) is 7.50. The Morgan fingerprint density at radius 1 is 0.921 bits per heavy atom. The molecule has 0 bridgehead atoms. The van der Waals surface area contributed by atoms with Crippen LogP contribution in [-0.2, 0) is 19.7 Å². The van der Waals surface area contributed by atoms with Crippen LogP contribution in [0.4, 0.5) is 0 Å². The molecular formula is C29H39NO6S2. The van der Waals surface area contributed by atoms with Gasteiger partial charge in [0.05, 0.1) is 27.7 Å². The summed E-state index contributed by atoms with van der Waals surface area (Å²) in [6, 6.07) is 10.8. The van der Waals surface area contributed by atoms with Crippen LogP contribution in [0.15, 0.2) is 52.3 Å². The smallest absolute Gasteiger partial charge is 0.257 e. The highest BCUT2D eigenvalue weighted by molar-refractivity contribution is 7.96. The maximum Gasteiger partial charge on any atom is 0.257 e. The Bertz CT molecular complexity index is 1310. The van der Waals surface area contributed by atoms with E-state index in [9.17, 15) is 21.6 Å². The fraction of sp³-hybridized carbons (Fsp3) is 0.552. The van der Waals surface area contributed by atoms with E-state index in [1.807, 2.05) is 0 Å². The average Bonchev–Trinajstić information content (AvgIpc) is 3.06. The molecule has 2 aromatic rings. The number of ether oxygens (including phenoxy) is 1. The topological polar surface area (TPSA) is 97.8 Å². The summed E-state index contributed by atoms with van der Waals surface area (Å²) < 4.78 is 60.0. The molecule has 0 saturated carbocycles. The van der Waals surface area contributed by atoms with Crippen molar-refractivity contribution in [1.82, 2.24) is 4.90 Å². The van der Waals surface area contributed by atoms with Crippen molar-refractivity contribution in [3.8, 4) is 5.75 Å². The number of benzene rings is 2. The van der Waals surface area contributed by atoms with E-state index in [2.05, 4.69) is 6.92 Å². The van der Waals surface area contributed by atoms with Crippen molar-refractivity contribution in [2.75, 3.05) is 25.4 Å². The molecule has 4 rings (SSSR count). The number of likely N-dealkylation sites (tertiary alicyclic amines) is 1. The van der Waals surface area contributed by atoms with E-state index >= 15 is 0 Å². The van der Waals surface area contributed by atoms with Gasteiger partial charge in [-0.3, -0.25) is 4.79 Å². The van der Waals surface area contributed by atoms with E-state index < -0.39 is 30.7 Å². The van der Waals surface area contributed by atoms with Gasteiger partial charge in [-0.2, -0.15) is 0 Å². The Morgan fingerprint density at radius 3 is 2.26 bits per heavy atom. The van der Waals surface area contributed by atoms with Crippen LogP contribution in [0.3, 0.4) is 0 Å². The second-order valence-electron chi connectivity index (χ2n) is 10.3. The highest BCUT2D eigenvalue weighted by Crippen LogP contribution is 2.47. The third kappa shape index (κ3) is 6.25. The molecule has 2 aromatic carbocycles. The molecule has 1 saturated heterocycles. The number of carbonyl (C=O) groups is 1. The monoisotopic (exact) mass is 561 g/mol. The first-order chi connectivity index (χ1) is 18.3. The van der Waals surface area contributed by atoms with Crippen molar-refractivity contribution in [3.05, 3.63) is 53.6 Å². The largest absolute Gasteiger partial charge is 0.492 e. The zero-order valence-electron chi connectivity index (χ0n) is 22.2. The zero-order valence-corrected chi connectivity index (χ0v) is 23.9. The summed E-state index contributed by atoms with van der Waals surface area (Å²) in [5.74, 6) is -0.669. The van der Waals surface area contributed by atoms with Gasteiger partial charge in [-0.25, -0.2) is 16.8 Å². The molecule has 38 heavy (non-hydrogen) atoms. The fourth-order valence-corrected chi connectivity index (χ4v) is 9.70. The number of nitrogens with zero attached hydrogens (tertiary/aromatic N) is 1. The molecule has 0 aromatic heterocycles. The summed E-state index contributed by atoms with van der Waals surface area (Å²) in [5, 5.41) is -1.33. The van der Waals surface area contributed by atoms with Gasteiger partial charge in [0.1, 0.15) is 11.0 Å². The van der Waals surface area contributed by atoms with Crippen LogP contribution in [0, 0.1) is 0 Å². The van der Waals surface area contributed by atoms with Crippen molar-refractivity contribution in [2.24, 2.45) is 0 Å². The zero-order chi connectivity index (χ0) is 27.2. The van der Waals surface area contributed by atoms with Crippen LogP contribution in [-0.4, -0.2) is 53.1 Å². The number of amides is 1. The lowest BCUT2D eigenvalue weighted by molar-refractivity contribution is 0.0756. The molecule has 1 amide bonds. The fourth-order valence-electron chi connectivity index (χ4n) is 5.37. The highest BCUT2D eigenvalue weighted by Gasteiger charge is 2.46. The van der Waals surface area contributed by atoms with Gasteiger partial charge in [-0.15, -0.1) is 0 Å². The summed E-state index contributed by atoms with van der Waals surface area (Å²) in [7, 11) is -7.92. The van der Waals surface area contributed by atoms with Crippen LogP contribution in [0.5, 0.6) is 5.75 Å².